The molecule has 40 heavy (non-hydrogen) atoms. The SMILES string of the molecule is CC(C(=O)Nc1cc([C@H]2CC[C@H](OC(=O)NC3(C)CC3)C2)[nH]n1)c1ccc(N2CCCC2=O)c(Cl)c1C(F)(F)F. The zero-order valence-corrected chi connectivity index (χ0v) is 22.9. The summed E-state index contributed by atoms with van der Waals surface area (Å²) in [5.41, 5.74) is -0.863. The minimum Gasteiger partial charge on any atom is -0.446 e. The molecule has 3 fully saturated rings. The van der Waals surface area contributed by atoms with Crippen LogP contribution < -0.4 is 15.5 Å². The van der Waals surface area contributed by atoms with Gasteiger partial charge < -0.3 is 20.3 Å². The molecule has 0 spiro atoms. The number of rotatable bonds is 7. The van der Waals surface area contributed by atoms with Gasteiger partial charge in [-0.15, -0.1) is 0 Å². The van der Waals surface area contributed by atoms with E-state index in [0.29, 0.717) is 19.3 Å². The Morgan fingerprint density at radius 3 is 2.67 bits per heavy atom. The molecule has 3 aliphatic rings. The fourth-order valence-electron chi connectivity index (χ4n) is 5.40. The van der Waals surface area contributed by atoms with Gasteiger partial charge in [0.15, 0.2) is 5.82 Å². The van der Waals surface area contributed by atoms with Crippen LogP contribution in [0.15, 0.2) is 18.2 Å². The Hall–Kier alpha value is -3.28. The van der Waals surface area contributed by atoms with Crippen molar-refractivity contribution in [2.75, 3.05) is 16.8 Å². The quantitative estimate of drug-likeness (QED) is 0.378. The minimum absolute atomic E-state index is 0.0112. The number of alkyl carbamates (subject to hydrolysis) is 1. The fourth-order valence-corrected chi connectivity index (χ4v) is 5.78. The highest BCUT2D eigenvalue weighted by atomic mass is 35.5. The molecule has 1 saturated heterocycles. The number of benzene rings is 1. The van der Waals surface area contributed by atoms with E-state index in [9.17, 15) is 27.6 Å². The van der Waals surface area contributed by atoms with E-state index in [1.807, 2.05) is 6.92 Å². The summed E-state index contributed by atoms with van der Waals surface area (Å²) >= 11 is 6.21. The molecule has 2 aromatic rings. The van der Waals surface area contributed by atoms with Gasteiger partial charge in [-0.25, -0.2) is 4.79 Å². The first kappa shape index (κ1) is 28.3. The molecule has 0 bridgehead atoms. The number of hydrogen-bond acceptors (Lipinski definition) is 5. The Kier molecular flexibility index (Phi) is 7.49. The maximum atomic E-state index is 14.1. The standard InChI is InChI=1S/C27H31ClF3N5O4/c1-14(17-7-8-19(36-11-3-4-21(36)37)23(28)22(17)27(29,30)31)24(38)32-20-13-18(34-35-20)15-5-6-16(12-15)40-25(39)33-26(2)9-10-26/h7-8,13-16H,3-6,9-12H2,1-2H3,(H,33,39)(H2,32,34,35,38)/t14?,15-,16-/m0/s1. The summed E-state index contributed by atoms with van der Waals surface area (Å²) in [6, 6.07) is 4.20. The van der Waals surface area contributed by atoms with Gasteiger partial charge >= 0.3 is 12.3 Å². The minimum atomic E-state index is -4.84. The van der Waals surface area contributed by atoms with Crippen molar-refractivity contribution in [2.45, 2.75) is 88.4 Å². The van der Waals surface area contributed by atoms with Crippen molar-refractivity contribution in [2.24, 2.45) is 0 Å². The van der Waals surface area contributed by atoms with Gasteiger partial charge in [-0.1, -0.05) is 17.7 Å². The van der Waals surface area contributed by atoms with Gasteiger partial charge in [0, 0.05) is 36.2 Å². The molecule has 2 saturated carbocycles. The number of carbonyl (C=O) groups is 3. The molecule has 3 atom stereocenters. The van der Waals surface area contributed by atoms with Crippen LogP contribution >= 0.6 is 11.6 Å². The topological polar surface area (TPSA) is 116 Å². The van der Waals surface area contributed by atoms with Crippen LogP contribution in [0.1, 0.15) is 87.4 Å². The Labute approximate surface area is 234 Å². The van der Waals surface area contributed by atoms with Crippen molar-refractivity contribution < 1.29 is 32.3 Å². The van der Waals surface area contributed by atoms with E-state index >= 15 is 0 Å². The lowest BCUT2D eigenvalue weighted by molar-refractivity contribution is -0.138. The van der Waals surface area contributed by atoms with Crippen LogP contribution in [0.25, 0.3) is 0 Å². The Balaban J connectivity index is 1.24. The first-order valence-electron chi connectivity index (χ1n) is 13.4. The van der Waals surface area contributed by atoms with Gasteiger partial charge in [-0.3, -0.25) is 14.7 Å². The zero-order chi connectivity index (χ0) is 28.8. The van der Waals surface area contributed by atoms with Gasteiger partial charge in [-0.05, 0) is 64.0 Å². The highest BCUT2D eigenvalue weighted by Crippen LogP contribution is 2.45. The predicted octanol–water partition coefficient (Wildman–Crippen LogP) is 5.87. The molecule has 2 aliphatic carbocycles. The van der Waals surface area contributed by atoms with Crippen LogP contribution in [-0.2, 0) is 20.5 Å². The molecule has 216 valence electrons. The maximum Gasteiger partial charge on any atom is 0.418 e. The lowest BCUT2D eigenvalue weighted by Gasteiger charge is -2.24. The Morgan fingerprint density at radius 1 is 1.27 bits per heavy atom. The molecule has 13 heteroatoms. The van der Waals surface area contributed by atoms with Gasteiger partial charge in [-0.2, -0.15) is 18.3 Å². The number of H-pyrrole nitrogens is 1. The van der Waals surface area contributed by atoms with Gasteiger partial charge in [0.2, 0.25) is 11.8 Å². The van der Waals surface area contributed by atoms with Crippen molar-refractivity contribution in [3.05, 3.63) is 40.0 Å². The fraction of sp³-hybridized carbons (Fsp3) is 0.556. The molecule has 0 radical (unpaired) electrons. The van der Waals surface area contributed by atoms with E-state index in [0.717, 1.165) is 25.0 Å². The monoisotopic (exact) mass is 581 g/mol. The number of alkyl halides is 3. The molecule has 1 aliphatic heterocycles. The summed E-state index contributed by atoms with van der Waals surface area (Å²) in [5.74, 6) is -1.99. The van der Waals surface area contributed by atoms with Crippen LogP contribution in [0.2, 0.25) is 5.02 Å². The molecule has 1 aromatic carbocycles. The van der Waals surface area contributed by atoms with E-state index < -0.39 is 34.7 Å². The molecule has 1 unspecified atom stereocenters. The second-order valence-corrected chi connectivity index (χ2v) is 11.5. The van der Waals surface area contributed by atoms with Crippen LogP contribution in [0.4, 0.5) is 29.5 Å². The lowest BCUT2D eigenvalue weighted by atomic mass is 9.93. The summed E-state index contributed by atoms with van der Waals surface area (Å²) in [6.07, 6.45) is -0.818. The van der Waals surface area contributed by atoms with E-state index in [2.05, 4.69) is 20.8 Å². The molecule has 5 rings (SSSR count). The zero-order valence-electron chi connectivity index (χ0n) is 22.2. The maximum absolute atomic E-state index is 14.1. The summed E-state index contributed by atoms with van der Waals surface area (Å²) < 4.78 is 47.9. The second kappa shape index (κ2) is 10.6. The normalized spacial score (nSPS) is 22.8. The number of carbonyl (C=O) groups excluding carboxylic acids is 3. The smallest absolute Gasteiger partial charge is 0.418 e. The molecule has 1 aromatic heterocycles. The number of halogens is 4. The number of anilines is 2. The van der Waals surface area contributed by atoms with Crippen molar-refractivity contribution in [3.8, 4) is 0 Å². The highest BCUT2D eigenvalue weighted by molar-refractivity contribution is 6.35. The predicted molar refractivity (Wildman–Crippen MR) is 141 cm³/mol. The molecule has 2 heterocycles. The largest absolute Gasteiger partial charge is 0.446 e. The van der Waals surface area contributed by atoms with E-state index in [1.54, 1.807) is 6.07 Å². The number of hydrogen-bond donors (Lipinski definition) is 3. The van der Waals surface area contributed by atoms with Crippen molar-refractivity contribution >= 4 is 41.0 Å². The van der Waals surface area contributed by atoms with Crippen LogP contribution in [0.5, 0.6) is 0 Å². The molecular formula is C27H31ClF3N5O4. The average Bonchev–Trinajstić information content (AvgIpc) is 3.28. The van der Waals surface area contributed by atoms with Gasteiger partial charge in [0.05, 0.1) is 22.2 Å². The van der Waals surface area contributed by atoms with Gasteiger partial charge in [0.25, 0.3) is 0 Å². The molecule has 3 amide bonds. The third-order valence-electron chi connectivity index (χ3n) is 8.01. The van der Waals surface area contributed by atoms with Crippen LogP contribution in [0.3, 0.4) is 0 Å². The van der Waals surface area contributed by atoms with Crippen LogP contribution in [0, 0.1) is 0 Å². The number of amides is 3. The second-order valence-electron chi connectivity index (χ2n) is 11.2. The number of ether oxygens (including phenoxy) is 1. The summed E-state index contributed by atoms with van der Waals surface area (Å²) in [4.78, 5) is 38.5. The van der Waals surface area contributed by atoms with Crippen molar-refractivity contribution in [3.63, 3.8) is 0 Å². The molecular weight excluding hydrogens is 551 g/mol. The van der Waals surface area contributed by atoms with Crippen LogP contribution in [-0.4, -0.2) is 46.3 Å². The van der Waals surface area contributed by atoms with Gasteiger partial charge in [0.1, 0.15) is 6.10 Å². The lowest BCUT2D eigenvalue weighted by Crippen LogP contribution is -2.36. The number of aromatic amines is 1. The van der Waals surface area contributed by atoms with Crippen molar-refractivity contribution in [1.82, 2.24) is 15.5 Å². The third kappa shape index (κ3) is 5.91. The van der Waals surface area contributed by atoms with E-state index in [1.165, 1.54) is 24.0 Å². The first-order valence-corrected chi connectivity index (χ1v) is 13.8. The number of nitrogens with zero attached hydrogens (tertiary/aromatic N) is 2. The highest BCUT2D eigenvalue weighted by Gasteiger charge is 2.42. The number of nitrogens with one attached hydrogen (secondary N) is 3. The molecule has 9 nitrogen and oxygen atoms in total. The Bertz CT molecular complexity index is 1330. The average molecular weight is 582 g/mol. The first-order chi connectivity index (χ1) is 18.8. The van der Waals surface area contributed by atoms with E-state index in [-0.39, 0.29) is 53.5 Å². The summed E-state index contributed by atoms with van der Waals surface area (Å²) in [7, 11) is 0. The third-order valence-corrected chi connectivity index (χ3v) is 8.39. The molecule has 3 N–H and O–H groups in total. The number of aromatic nitrogens is 2. The van der Waals surface area contributed by atoms with E-state index in [4.69, 9.17) is 16.3 Å². The Morgan fingerprint density at radius 2 is 2.02 bits per heavy atom. The summed E-state index contributed by atoms with van der Waals surface area (Å²) in [6.45, 7) is 3.61. The van der Waals surface area contributed by atoms with Crippen molar-refractivity contribution in [1.29, 1.82) is 0 Å². The summed E-state index contributed by atoms with van der Waals surface area (Å²) in [5, 5.41) is 11.9.